The first-order valence-electron chi connectivity index (χ1n) is 16.0. The van der Waals surface area contributed by atoms with E-state index in [0.717, 1.165) is 50.4 Å². The van der Waals surface area contributed by atoms with Crippen molar-refractivity contribution in [2.24, 2.45) is 0 Å². The fraction of sp³-hybridized carbons (Fsp3) is 0.0488. The van der Waals surface area contributed by atoms with Crippen LogP contribution in [-0.4, -0.2) is 30.1 Å². The summed E-state index contributed by atoms with van der Waals surface area (Å²) in [5, 5.41) is 2.35. The van der Waals surface area contributed by atoms with E-state index in [1.165, 1.54) is 22.2 Å². The van der Waals surface area contributed by atoms with Gasteiger partial charge in [0.25, 0.3) is 0 Å². The molecule has 2 atom stereocenters. The number of nitrogens with zero attached hydrogens (tertiary/aromatic N) is 6. The van der Waals surface area contributed by atoms with Gasteiger partial charge in [0.1, 0.15) is 11.3 Å². The Morgan fingerprint density at radius 1 is 0.553 bits per heavy atom. The Hall–Kier alpha value is -6.27. The van der Waals surface area contributed by atoms with Gasteiger partial charge in [0.15, 0.2) is 0 Å². The molecule has 0 bridgehead atoms. The molecule has 0 saturated carbocycles. The fourth-order valence-corrected chi connectivity index (χ4v) is 7.78. The first-order chi connectivity index (χ1) is 23.4. The molecule has 0 radical (unpaired) electrons. The van der Waals surface area contributed by atoms with Crippen LogP contribution in [0.15, 0.2) is 158 Å². The van der Waals surface area contributed by atoms with Crippen LogP contribution in [0.25, 0.3) is 55.6 Å². The number of anilines is 2. The van der Waals surface area contributed by atoms with Crippen LogP contribution in [0.2, 0.25) is 0 Å². The average Bonchev–Trinajstić information content (AvgIpc) is 3.81. The third-order valence-electron chi connectivity index (χ3n) is 9.61. The Morgan fingerprint density at radius 3 is 1.96 bits per heavy atom. The SMILES string of the molecule is C1=CC2c3c(c4c(nc(-c5ccncc5)n4-c4ccncc4)c4c5ccccc5n(-c5ccccc5)c34)N(c3ccccc3)C2C=C1. The zero-order valence-electron chi connectivity index (χ0n) is 25.3. The van der Waals surface area contributed by atoms with Crippen molar-refractivity contribution in [2.45, 2.75) is 12.0 Å². The second kappa shape index (κ2) is 10.1. The van der Waals surface area contributed by atoms with Crippen molar-refractivity contribution < 1.29 is 0 Å². The minimum Gasteiger partial charge on any atom is -0.331 e. The van der Waals surface area contributed by atoms with Gasteiger partial charge in [-0.25, -0.2) is 4.98 Å². The highest BCUT2D eigenvalue weighted by molar-refractivity contribution is 6.25. The minimum absolute atomic E-state index is 0.0959. The first kappa shape index (κ1) is 26.0. The standard InChI is InChI=1S/C41H28N6/c1-3-11-28(12-4-1)45-33-17-9-7-15-31(33)35-37-40(47(30-21-25-43-26-22-30)41(44-37)27-19-23-42-24-20-27)39-36(38(35)45)32-16-8-10-18-34(32)46(39)29-13-5-2-6-14-29/h1-26,32,34H. The summed E-state index contributed by atoms with van der Waals surface area (Å²) in [7, 11) is 0. The lowest BCUT2D eigenvalue weighted by molar-refractivity contribution is 0.746. The Morgan fingerprint density at radius 2 is 1.19 bits per heavy atom. The lowest BCUT2D eigenvalue weighted by atomic mass is 9.89. The van der Waals surface area contributed by atoms with Crippen LogP contribution in [0, 0.1) is 0 Å². The van der Waals surface area contributed by atoms with Gasteiger partial charge in [-0.15, -0.1) is 0 Å². The molecule has 0 amide bonds. The van der Waals surface area contributed by atoms with Gasteiger partial charge in [-0.2, -0.15) is 0 Å². The number of para-hydroxylation sites is 3. The zero-order chi connectivity index (χ0) is 30.9. The number of hydrogen-bond acceptors (Lipinski definition) is 4. The van der Waals surface area contributed by atoms with Crippen molar-refractivity contribution in [2.75, 3.05) is 4.90 Å². The Kier molecular flexibility index (Phi) is 5.60. The number of hydrogen-bond donors (Lipinski definition) is 0. The van der Waals surface area contributed by atoms with Crippen molar-refractivity contribution in [3.05, 3.63) is 164 Å². The molecule has 47 heavy (non-hydrogen) atoms. The summed E-state index contributed by atoms with van der Waals surface area (Å²) >= 11 is 0. The maximum Gasteiger partial charge on any atom is 0.145 e. The van der Waals surface area contributed by atoms with Crippen molar-refractivity contribution in [3.8, 4) is 22.8 Å². The average molecular weight is 605 g/mol. The van der Waals surface area contributed by atoms with Gasteiger partial charge in [0.05, 0.1) is 34.0 Å². The molecule has 2 unspecified atom stereocenters. The topological polar surface area (TPSA) is 51.8 Å². The third kappa shape index (κ3) is 3.69. The molecule has 5 heterocycles. The predicted molar refractivity (Wildman–Crippen MR) is 190 cm³/mol. The summed E-state index contributed by atoms with van der Waals surface area (Å²) in [4.78, 5) is 16.9. The van der Waals surface area contributed by atoms with Crippen LogP contribution in [-0.2, 0) is 0 Å². The van der Waals surface area contributed by atoms with E-state index in [0.29, 0.717) is 0 Å². The monoisotopic (exact) mass is 604 g/mol. The van der Waals surface area contributed by atoms with Crippen LogP contribution >= 0.6 is 0 Å². The molecule has 1 aliphatic heterocycles. The molecule has 0 saturated heterocycles. The number of fused-ring (bicyclic) bond motifs is 10. The first-order valence-corrected chi connectivity index (χ1v) is 16.0. The quantitative estimate of drug-likeness (QED) is 0.201. The van der Waals surface area contributed by atoms with Crippen molar-refractivity contribution >= 4 is 44.2 Å². The van der Waals surface area contributed by atoms with Crippen molar-refractivity contribution in [1.82, 2.24) is 24.1 Å². The molecular formula is C41H28N6. The second-order valence-electron chi connectivity index (χ2n) is 12.1. The molecule has 2 aliphatic rings. The number of pyridine rings is 2. The van der Waals surface area contributed by atoms with E-state index >= 15 is 0 Å². The summed E-state index contributed by atoms with van der Waals surface area (Å²) < 4.78 is 4.79. The lowest BCUT2D eigenvalue weighted by Gasteiger charge is -2.29. The van der Waals surface area contributed by atoms with Gasteiger partial charge in [-0.1, -0.05) is 78.9 Å². The zero-order valence-corrected chi connectivity index (χ0v) is 25.3. The highest BCUT2D eigenvalue weighted by atomic mass is 15.2. The smallest absolute Gasteiger partial charge is 0.145 e. The summed E-state index contributed by atoms with van der Waals surface area (Å²) in [6, 6.07) is 38.6. The molecule has 4 aromatic heterocycles. The number of imidazole rings is 1. The second-order valence-corrected chi connectivity index (χ2v) is 12.1. The minimum atomic E-state index is 0.0959. The molecule has 10 rings (SSSR count). The Balaban J connectivity index is 1.50. The molecule has 8 aromatic rings. The van der Waals surface area contributed by atoms with Crippen LogP contribution in [0.4, 0.5) is 11.4 Å². The van der Waals surface area contributed by atoms with E-state index in [4.69, 9.17) is 4.98 Å². The Labute approximate surface area is 271 Å². The van der Waals surface area contributed by atoms with Gasteiger partial charge in [-0.3, -0.25) is 14.5 Å². The normalized spacial score (nSPS) is 16.7. The van der Waals surface area contributed by atoms with Gasteiger partial charge in [-0.05, 0) is 54.6 Å². The molecular weight excluding hydrogens is 576 g/mol. The van der Waals surface area contributed by atoms with Gasteiger partial charge in [0.2, 0.25) is 0 Å². The van der Waals surface area contributed by atoms with Gasteiger partial charge in [0, 0.05) is 64.0 Å². The molecule has 0 fully saturated rings. The van der Waals surface area contributed by atoms with Crippen molar-refractivity contribution in [3.63, 3.8) is 0 Å². The van der Waals surface area contributed by atoms with Crippen LogP contribution < -0.4 is 4.90 Å². The largest absolute Gasteiger partial charge is 0.331 e. The lowest BCUT2D eigenvalue weighted by Crippen LogP contribution is -2.28. The highest BCUT2D eigenvalue weighted by Crippen LogP contribution is 2.56. The van der Waals surface area contributed by atoms with Crippen LogP contribution in [0.1, 0.15) is 11.5 Å². The highest BCUT2D eigenvalue weighted by Gasteiger charge is 2.43. The van der Waals surface area contributed by atoms with Crippen LogP contribution in [0.3, 0.4) is 0 Å². The van der Waals surface area contributed by atoms with E-state index in [1.54, 1.807) is 0 Å². The summed E-state index contributed by atoms with van der Waals surface area (Å²) in [6.45, 7) is 0. The molecule has 0 N–H and O–H groups in total. The predicted octanol–water partition coefficient (Wildman–Crippen LogP) is 9.31. The molecule has 4 aromatic carbocycles. The molecule has 222 valence electrons. The molecule has 6 heteroatoms. The maximum absolute atomic E-state index is 5.61. The molecule has 0 spiro atoms. The third-order valence-corrected chi connectivity index (χ3v) is 9.61. The van der Waals surface area contributed by atoms with Gasteiger partial charge < -0.3 is 9.47 Å². The maximum atomic E-state index is 5.61. The molecule has 6 nitrogen and oxygen atoms in total. The van der Waals surface area contributed by atoms with E-state index in [2.05, 4.69) is 145 Å². The van der Waals surface area contributed by atoms with Crippen LogP contribution in [0.5, 0.6) is 0 Å². The molecule has 1 aliphatic carbocycles. The van der Waals surface area contributed by atoms with E-state index in [1.807, 2.05) is 36.9 Å². The summed E-state index contributed by atoms with van der Waals surface area (Å²) in [6.07, 6.45) is 16.5. The number of rotatable bonds is 4. The fourth-order valence-electron chi connectivity index (χ4n) is 7.78. The summed E-state index contributed by atoms with van der Waals surface area (Å²) in [5.74, 6) is 0.993. The van der Waals surface area contributed by atoms with E-state index in [9.17, 15) is 0 Å². The number of aromatic nitrogens is 5. The van der Waals surface area contributed by atoms with Crippen molar-refractivity contribution in [1.29, 1.82) is 0 Å². The van der Waals surface area contributed by atoms with E-state index < -0.39 is 0 Å². The summed E-state index contributed by atoms with van der Waals surface area (Å²) in [5.41, 5.74) is 11.2. The number of benzene rings is 4. The van der Waals surface area contributed by atoms with E-state index in [-0.39, 0.29) is 12.0 Å². The Bertz CT molecular complexity index is 2510. The number of allylic oxidation sites excluding steroid dienone is 2. The van der Waals surface area contributed by atoms with Gasteiger partial charge >= 0.3 is 0 Å².